The van der Waals surface area contributed by atoms with Gasteiger partial charge in [0.05, 0.1) is 13.2 Å². The van der Waals surface area contributed by atoms with Crippen LogP contribution in [-0.2, 0) is 4.74 Å². The first-order valence-corrected chi connectivity index (χ1v) is 5.19. The molecule has 0 aliphatic heterocycles. The van der Waals surface area contributed by atoms with Crippen molar-refractivity contribution in [2.45, 2.75) is 19.3 Å². The molecule has 1 saturated carbocycles. The molecule has 0 aromatic carbocycles. The monoisotopic (exact) mass is 187 g/mol. The van der Waals surface area contributed by atoms with Crippen LogP contribution in [0, 0.1) is 5.92 Å². The second-order valence-corrected chi connectivity index (χ2v) is 3.79. The van der Waals surface area contributed by atoms with Gasteiger partial charge in [0.2, 0.25) is 0 Å². The largest absolute Gasteiger partial charge is 0.395 e. The van der Waals surface area contributed by atoms with Crippen LogP contribution in [0.3, 0.4) is 0 Å². The Labute approximate surface area is 80.7 Å². The number of hydrogen-bond donors (Lipinski definition) is 1. The molecule has 0 radical (unpaired) electrons. The summed E-state index contributed by atoms with van der Waals surface area (Å²) in [5.74, 6) is 0.976. The Morgan fingerprint density at radius 1 is 1.31 bits per heavy atom. The van der Waals surface area contributed by atoms with Crippen molar-refractivity contribution in [3.05, 3.63) is 0 Å². The summed E-state index contributed by atoms with van der Waals surface area (Å²) in [5, 5.41) is 8.83. The molecule has 0 spiro atoms. The fourth-order valence-corrected chi connectivity index (χ4v) is 1.47. The van der Waals surface area contributed by atoms with E-state index in [-0.39, 0.29) is 6.61 Å². The summed E-state index contributed by atoms with van der Waals surface area (Å²) in [6.07, 6.45) is 4.12. The molecule has 13 heavy (non-hydrogen) atoms. The number of nitrogens with zero attached hydrogens (tertiary/aromatic N) is 1. The average Bonchev–Trinajstić information content (AvgIpc) is 2.93. The van der Waals surface area contributed by atoms with Crippen LogP contribution < -0.4 is 0 Å². The molecule has 0 aromatic heterocycles. The molecule has 0 unspecified atom stereocenters. The summed E-state index contributed by atoms with van der Waals surface area (Å²) >= 11 is 0. The standard InChI is InChI=1S/C10H21NO2/c1-13-9-7-11(6-8-12)5-4-10-2-3-10/h10,12H,2-9H2,1H3. The second-order valence-electron chi connectivity index (χ2n) is 3.79. The van der Waals surface area contributed by atoms with Crippen LogP contribution in [0.5, 0.6) is 0 Å². The van der Waals surface area contributed by atoms with Gasteiger partial charge < -0.3 is 9.84 Å². The molecule has 0 aromatic rings. The maximum atomic E-state index is 8.83. The minimum absolute atomic E-state index is 0.258. The van der Waals surface area contributed by atoms with Crippen LogP contribution in [0.1, 0.15) is 19.3 Å². The minimum atomic E-state index is 0.258. The minimum Gasteiger partial charge on any atom is -0.395 e. The second kappa shape index (κ2) is 6.35. The van der Waals surface area contributed by atoms with Crippen LogP contribution in [-0.4, -0.2) is 50.0 Å². The molecule has 0 bridgehead atoms. The van der Waals surface area contributed by atoms with E-state index in [1.807, 2.05) is 0 Å². The number of aliphatic hydroxyl groups is 1. The van der Waals surface area contributed by atoms with E-state index >= 15 is 0 Å². The molecule has 0 heterocycles. The topological polar surface area (TPSA) is 32.7 Å². The molecular formula is C10H21NO2. The highest BCUT2D eigenvalue weighted by molar-refractivity contribution is 4.74. The van der Waals surface area contributed by atoms with Crippen molar-refractivity contribution in [3.8, 4) is 0 Å². The molecule has 1 fully saturated rings. The fourth-order valence-electron chi connectivity index (χ4n) is 1.47. The summed E-state index contributed by atoms with van der Waals surface area (Å²) in [7, 11) is 1.72. The Morgan fingerprint density at radius 2 is 2.08 bits per heavy atom. The van der Waals surface area contributed by atoms with Crippen molar-refractivity contribution in [3.63, 3.8) is 0 Å². The Balaban J connectivity index is 2.03. The van der Waals surface area contributed by atoms with Crippen molar-refractivity contribution < 1.29 is 9.84 Å². The van der Waals surface area contributed by atoms with Gasteiger partial charge in [0, 0.05) is 20.2 Å². The Morgan fingerprint density at radius 3 is 2.62 bits per heavy atom. The molecule has 78 valence electrons. The number of aliphatic hydroxyl groups excluding tert-OH is 1. The third kappa shape index (κ3) is 5.24. The van der Waals surface area contributed by atoms with Crippen molar-refractivity contribution >= 4 is 0 Å². The van der Waals surface area contributed by atoms with Gasteiger partial charge in [-0.2, -0.15) is 0 Å². The highest BCUT2D eigenvalue weighted by Crippen LogP contribution is 2.32. The molecule has 1 aliphatic carbocycles. The zero-order chi connectivity index (χ0) is 9.52. The Kier molecular flexibility index (Phi) is 5.35. The van der Waals surface area contributed by atoms with Gasteiger partial charge in [-0.1, -0.05) is 12.8 Å². The number of rotatable bonds is 8. The van der Waals surface area contributed by atoms with Gasteiger partial charge in [-0.3, -0.25) is 4.90 Å². The summed E-state index contributed by atoms with van der Waals surface area (Å²) in [5.41, 5.74) is 0. The van der Waals surface area contributed by atoms with E-state index < -0.39 is 0 Å². The lowest BCUT2D eigenvalue weighted by Crippen LogP contribution is -2.31. The van der Waals surface area contributed by atoms with E-state index in [0.29, 0.717) is 0 Å². The van der Waals surface area contributed by atoms with E-state index in [4.69, 9.17) is 9.84 Å². The highest BCUT2D eigenvalue weighted by atomic mass is 16.5. The molecule has 0 saturated heterocycles. The third-order valence-corrected chi connectivity index (χ3v) is 2.58. The number of hydrogen-bond acceptors (Lipinski definition) is 3. The molecule has 1 N–H and O–H groups in total. The Bertz CT molecular complexity index is 126. The van der Waals surface area contributed by atoms with Crippen LogP contribution in [0.4, 0.5) is 0 Å². The molecule has 3 nitrogen and oxygen atoms in total. The van der Waals surface area contributed by atoms with Gasteiger partial charge in [0.15, 0.2) is 0 Å². The van der Waals surface area contributed by atoms with E-state index in [9.17, 15) is 0 Å². The van der Waals surface area contributed by atoms with Crippen LogP contribution in [0.2, 0.25) is 0 Å². The first-order valence-electron chi connectivity index (χ1n) is 5.19. The molecule has 0 atom stereocenters. The third-order valence-electron chi connectivity index (χ3n) is 2.58. The lowest BCUT2D eigenvalue weighted by atomic mass is 10.3. The van der Waals surface area contributed by atoms with Gasteiger partial charge in [0.25, 0.3) is 0 Å². The molecule has 0 amide bonds. The van der Waals surface area contributed by atoms with Gasteiger partial charge in [-0.25, -0.2) is 0 Å². The summed E-state index contributed by atoms with van der Waals surface area (Å²) in [6, 6.07) is 0. The zero-order valence-corrected chi connectivity index (χ0v) is 8.54. The summed E-state index contributed by atoms with van der Waals surface area (Å²) in [4.78, 5) is 2.28. The molecule has 3 heteroatoms. The Hall–Kier alpha value is -0.120. The van der Waals surface area contributed by atoms with Gasteiger partial charge in [-0.05, 0) is 18.9 Å². The quantitative estimate of drug-likeness (QED) is 0.608. The first kappa shape index (κ1) is 11.0. The van der Waals surface area contributed by atoms with Crippen LogP contribution in [0.25, 0.3) is 0 Å². The normalized spacial score (nSPS) is 16.8. The lowest BCUT2D eigenvalue weighted by Gasteiger charge is -2.20. The van der Waals surface area contributed by atoms with E-state index in [0.717, 1.165) is 32.2 Å². The van der Waals surface area contributed by atoms with Gasteiger partial charge in [-0.15, -0.1) is 0 Å². The maximum absolute atomic E-state index is 8.83. The number of ether oxygens (including phenoxy) is 1. The van der Waals surface area contributed by atoms with E-state index in [2.05, 4.69) is 4.90 Å². The van der Waals surface area contributed by atoms with E-state index in [1.54, 1.807) is 7.11 Å². The molecule has 1 rings (SSSR count). The van der Waals surface area contributed by atoms with Crippen LogP contribution >= 0.6 is 0 Å². The lowest BCUT2D eigenvalue weighted by molar-refractivity contribution is 0.129. The van der Waals surface area contributed by atoms with Crippen molar-refractivity contribution in [2.75, 3.05) is 40.0 Å². The predicted molar refractivity (Wildman–Crippen MR) is 52.7 cm³/mol. The fraction of sp³-hybridized carbons (Fsp3) is 1.00. The molecular weight excluding hydrogens is 166 g/mol. The van der Waals surface area contributed by atoms with Crippen molar-refractivity contribution in [1.82, 2.24) is 4.90 Å². The maximum Gasteiger partial charge on any atom is 0.0589 e. The molecule has 1 aliphatic rings. The van der Waals surface area contributed by atoms with Gasteiger partial charge in [0.1, 0.15) is 0 Å². The SMILES string of the molecule is COCCN(CCO)CCC1CC1. The van der Waals surface area contributed by atoms with Crippen molar-refractivity contribution in [2.24, 2.45) is 5.92 Å². The first-order chi connectivity index (χ1) is 6.36. The van der Waals surface area contributed by atoms with Crippen molar-refractivity contribution in [1.29, 1.82) is 0 Å². The van der Waals surface area contributed by atoms with Gasteiger partial charge >= 0.3 is 0 Å². The van der Waals surface area contributed by atoms with Crippen LogP contribution in [0.15, 0.2) is 0 Å². The number of methoxy groups -OCH3 is 1. The summed E-state index contributed by atoms with van der Waals surface area (Å²) < 4.78 is 5.02. The highest BCUT2D eigenvalue weighted by Gasteiger charge is 2.21. The predicted octanol–water partition coefficient (Wildman–Crippen LogP) is 0.727. The zero-order valence-electron chi connectivity index (χ0n) is 8.54. The average molecular weight is 187 g/mol. The summed E-state index contributed by atoms with van der Waals surface area (Å²) in [6.45, 7) is 3.88. The van der Waals surface area contributed by atoms with E-state index in [1.165, 1.54) is 19.3 Å². The smallest absolute Gasteiger partial charge is 0.0589 e.